The molecular weight excluding hydrogens is 200 g/mol. The van der Waals surface area contributed by atoms with Crippen molar-refractivity contribution >= 4 is 5.96 Å². The Morgan fingerprint density at radius 1 is 1.12 bits per heavy atom. The van der Waals surface area contributed by atoms with E-state index in [1.165, 1.54) is 19.3 Å². The first-order valence-corrected chi connectivity index (χ1v) is 6.31. The minimum absolute atomic E-state index is 0.561. The molecule has 0 atom stereocenters. The Bertz CT molecular complexity index is 187. The number of hydrazine groups is 1. The van der Waals surface area contributed by atoms with Crippen LogP contribution in [0.3, 0.4) is 0 Å². The molecule has 0 unspecified atom stereocenters. The van der Waals surface area contributed by atoms with Gasteiger partial charge in [0.1, 0.15) is 0 Å². The maximum absolute atomic E-state index is 5.38. The molecule has 0 fully saturated rings. The second-order valence-corrected chi connectivity index (χ2v) is 5.04. The van der Waals surface area contributed by atoms with E-state index in [9.17, 15) is 0 Å². The van der Waals surface area contributed by atoms with Crippen LogP contribution < -0.4 is 16.6 Å². The minimum Gasteiger partial charge on any atom is -0.355 e. The molecule has 0 spiro atoms. The van der Waals surface area contributed by atoms with Crippen molar-refractivity contribution < 1.29 is 0 Å². The molecule has 0 aromatic carbocycles. The number of nitrogens with one attached hydrogen (secondary N) is 2. The topological polar surface area (TPSA) is 62.4 Å². The van der Waals surface area contributed by atoms with E-state index in [1.807, 2.05) is 0 Å². The molecule has 0 aromatic heterocycles. The van der Waals surface area contributed by atoms with Crippen molar-refractivity contribution in [2.24, 2.45) is 22.7 Å². The lowest BCUT2D eigenvalue weighted by molar-refractivity contribution is 0.534. The zero-order valence-corrected chi connectivity index (χ0v) is 11.2. The van der Waals surface area contributed by atoms with Crippen molar-refractivity contribution in [1.82, 2.24) is 10.7 Å². The monoisotopic (exact) mass is 228 g/mol. The van der Waals surface area contributed by atoms with Crippen LogP contribution in [0.15, 0.2) is 4.99 Å². The highest BCUT2D eigenvalue weighted by Crippen LogP contribution is 2.04. The van der Waals surface area contributed by atoms with Crippen LogP contribution in [0.2, 0.25) is 0 Å². The third-order valence-corrected chi connectivity index (χ3v) is 2.25. The van der Waals surface area contributed by atoms with Crippen LogP contribution in [0.4, 0.5) is 0 Å². The zero-order chi connectivity index (χ0) is 12.4. The zero-order valence-electron chi connectivity index (χ0n) is 11.2. The third-order valence-electron chi connectivity index (χ3n) is 2.25. The van der Waals surface area contributed by atoms with Crippen LogP contribution in [-0.4, -0.2) is 19.0 Å². The fourth-order valence-electron chi connectivity index (χ4n) is 1.31. The average Bonchev–Trinajstić information content (AvgIpc) is 2.21. The Morgan fingerprint density at radius 3 is 2.31 bits per heavy atom. The number of hydrogen-bond acceptors (Lipinski definition) is 2. The summed E-state index contributed by atoms with van der Waals surface area (Å²) >= 11 is 0. The van der Waals surface area contributed by atoms with Gasteiger partial charge in [-0.3, -0.25) is 10.4 Å². The molecule has 0 bridgehead atoms. The molecule has 0 rings (SSSR count). The number of nitrogens with two attached hydrogens (primary N) is 1. The van der Waals surface area contributed by atoms with Crippen LogP contribution in [0.5, 0.6) is 0 Å². The predicted octanol–water partition coefficient (Wildman–Crippen LogP) is 1.88. The van der Waals surface area contributed by atoms with Gasteiger partial charge in [-0.25, -0.2) is 5.84 Å². The molecule has 4 N–H and O–H groups in total. The molecular formula is C12H28N4. The van der Waals surface area contributed by atoms with E-state index in [2.05, 4.69) is 43.4 Å². The number of rotatable bonds is 7. The number of unbranched alkanes of at least 4 members (excludes halogenated alkanes) is 1. The van der Waals surface area contributed by atoms with Gasteiger partial charge in [0, 0.05) is 13.1 Å². The SMILES string of the molecule is CC(C)CCCCNC(=NCC(C)C)NN. The first-order valence-electron chi connectivity index (χ1n) is 6.31. The summed E-state index contributed by atoms with van der Waals surface area (Å²) in [5.41, 5.74) is 2.60. The minimum atomic E-state index is 0.561. The van der Waals surface area contributed by atoms with Crippen molar-refractivity contribution in [3.63, 3.8) is 0 Å². The number of nitrogens with zero attached hydrogens (tertiary/aromatic N) is 1. The fraction of sp³-hybridized carbons (Fsp3) is 0.917. The lowest BCUT2D eigenvalue weighted by atomic mass is 10.1. The second-order valence-electron chi connectivity index (χ2n) is 5.04. The summed E-state index contributed by atoms with van der Waals surface area (Å²) in [5.74, 6) is 7.44. The molecule has 0 aliphatic rings. The number of hydrogen-bond donors (Lipinski definition) is 3. The molecule has 4 nitrogen and oxygen atoms in total. The largest absolute Gasteiger partial charge is 0.355 e. The summed E-state index contributed by atoms with van der Waals surface area (Å²) < 4.78 is 0. The maximum atomic E-state index is 5.38. The molecule has 0 saturated carbocycles. The van der Waals surface area contributed by atoms with Gasteiger partial charge >= 0.3 is 0 Å². The Balaban J connectivity index is 3.59. The van der Waals surface area contributed by atoms with Gasteiger partial charge in [0.25, 0.3) is 0 Å². The quantitative estimate of drug-likeness (QED) is 0.205. The first-order chi connectivity index (χ1) is 7.56. The van der Waals surface area contributed by atoms with E-state index in [1.54, 1.807) is 0 Å². The molecule has 0 amide bonds. The Labute approximate surface area is 100 Å². The van der Waals surface area contributed by atoms with Crippen molar-refractivity contribution in [3.05, 3.63) is 0 Å². The molecule has 0 saturated heterocycles. The normalized spacial score (nSPS) is 12.3. The average molecular weight is 228 g/mol. The van der Waals surface area contributed by atoms with Crippen molar-refractivity contribution in [2.45, 2.75) is 47.0 Å². The molecule has 4 heteroatoms. The number of guanidine groups is 1. The van der Waals surface area contributed by atoms with Gasteiger partial charge in [-0.15, -0.1) is 0 Å². The summed E-state index contributed by atoms with van der Waals surface area (Å²) in [4.78, 5) is 4.34. The van der Waals surface area contributed by atoms with Crippen LogP contribution in [-0.2, 0) is 0 Å². The molecule has 0 aliphatic heterocycles. The van der Waals surface area contributed by atoms with E-state index >= 15 is 0 Å². The van der Waals surface area contributed by atoms with Crippen molar-refractivity contribution in [1.29, 1.82) is 0 Å². The van der Waals surface area contributed by atoms with Gasteiger partial charge in [0.05, 0.1) is 0 Å². The summed E-state index contributed by atoms with van der Waals surface area (Å²) in [6.07, 6.45) is 3.71. The lowest BCUT2D eigenvalue weighted by Crippen LogP contribution is -2.42. The highest BCUT2D eigenvalue weighted by atomic mass is 15.3. The van der Waals surface area contributed by atoms with Gasteiger partial charge in [0.2, 0.25) is 5.96 Å². The molecule has 0 heterocycles. The van der Waals surface area contributed by atoms with Gasteiger partial charge in [0.15, 0.2) is 0 Å². The van der Waals surface area contributed by atoms with Gasteiger partial charge in [-0.2, -0.15) is 0 Å². The standard InChI is InChI=1S/C12H28N4/c1-10(2)7-5-6-8-14-12(16-13)15-9-11(3)4/h10-11H,5-9,13H2,1-4H3,(H2,14,15,16). The van der Waals surface area contributed by atoms with E-state index in [-0.39, 0.29) is 0 Å². The Kier molecular flexibility index (Phi) is 9.00. The number of aliphatic imine (C=N–C) groups is 1. The van der Waals surface area contributed by atoms with Gasteiger partial charge in [-0.05, 0) is 18.3 Å². The summed E-state index contributed by atoms with van der Waals surface area (Å²) in [6, 6.07) is 0. The van der Waals surface area contributed by atoms with Crippen molar-refractivity contribution in [2.75, 3.05) is 13.1 Å². The Hall–Kier alpha value is -0.770. The third kappa shape index (κ3) is 9.77. The van der Waals surface area contributed by atoms with Crippen LogP contribution in [0, 0.1) is 11.8 Å². The summed E-state index contributed by atoms with van der Waals surface area (Å²) in [7, 11) is 0. The van der Waals surface area contributed by atoms with Crippen LogP contribution >= 0.6 is 0 Å². The van der Waals surface area contributed by atoms with Crippen LogP contribution in [0.1, 0.15) is 47.0 Å². The molecule has 0 aromatic rings. The molecule has 0 radical (unpaired) electrons. The molecule has 96 valence electrons. The van der Waals surface area contributed by atoms with E-state index < -0.39 is 0 Å². The Morgan fingerprint density at radius 2 is 1.81 bits per heavy atom. The van der Waals surface area contributed by atoms with Gasteiger partial charge < -0.3 is 5.32 Å². The van der Waals surface area contributed by atoms with Crippen LogP contribution in [0.25, 0.3) is 0 Å². The lowest BCUT2D eigenvalue weighted by Gasteiger charge is -2.10. The van der Waals surface area contributed by atoms with Crippen molar-refractivity contribution in [3.8, 4) is 0 Å². The predicted molar refractivity (Wildman–Crippen MR) is 71.2 cm³/mol. The first kappa shape index (κ1) is 15.2. The van der Waals surface area contributed by atoms with Gasteiger partial charge in [-0.1, -0.05) is 40.5 Å². The molecule has 16 heavy (non-hydrogen) atoms. The highest BCUT2D eigenvalue weighted by molar-refractivity contribution is 5.79. The second kappa shape index (κ2) is 9.46. The summed E-state index contributed by atoms with van der Waals surface area (Å²) in [6.45, 7) is 10.5. The fourth-order valence-corrected chi connectivity index (χ4v) is 1.31. The highest BCUT2D eigenvalue weighted by Gasteiger charge is 1.97. The van der Waals surface area contributed by atoms with E-state index in [4.69, 9.17) is 5.84 Å². The maximum Gasteiger partial charge on any atom is 0.205 e. The van der Waals surface area contributed by atoms with E-state index in [0.717, 1.165) is 19.0 Å². The van der Waals surface area contributed by atoms with E-state index in [0.29, 0.717) is 11.9 Å². The smallest absolute Gasteiger partial charge is 0.205 e. The summed E-state index contributed by atoms with van der Waals surface area (Å²) in [5, 5.41) is 3.21. The molecule has 0 aliphatic carbocycles.